The van der Waals surface area contributed by atoms with Crippen molar-refractivity contribution in [2.75, 3.05) is 6.61 Å². The van der Waals surface area contributed by atoms with Gasteiger partial charge in [-0.25, -0.2) is 0 Å². The van der Waals surface area contributed by atoms with E-state index in [1.54, 1.807) is 6.08 Å². The fourth-order valence-corrected chi connectivity index (χ4v) is 9.36. The van der Waals surface area contributed by atoms with E-state index in [0.717, 1.165) is 25.7 Å². The number of aliphatic hydroxyl groups excluding tert-OH is 2. The first-order chi connectivity index (χ1) is 30.7. The van der Waals surface area contributed by atoms with E-state index >= 15 is 0 Å². The Labute approximate surface area is 390 Å². The van der Waals surface area contributed by atoms with E-state index in [4.69, 9.17) is 0 Å². The molecule has 0 heterocycles. The van der Waals surface area contributed by atoms with Crippen LogP contribution >= 0.6 is 0 Å². The van der Waals surface area contributed by atoms with Gasteiger partial charge in [-0.15, -0.1) is 0 Å². The molecule has 370 valence electrons. The largest absolute Gasteiger partial charge is 0.394 e. The maximum Gasteiger partial charge on any atom is 0.220 e. The minimum Gasteiger partial charge on any atom is -0.394 e. The Morgan fingerprint density at radius 1 is 0.371 bits per heavy atom. The van der Waals surface area contributed by atoms with E-state index in [9.17, 15) is 15.0 Å². The third-order valence-corrected chi connectivity index (χ3v) is 13.8. The molecule has 0 unspecified atom stereocenters. The number of hydrogen-bond acceptors (Lipinski definition) is 3. The number of carbonyl (C=O) groups excluding carboxylic acids is 1. The Hall–Kier alpha value is -0.870. The van der Waals surface area contributed by atoms with Crippen LogP contribution in [0.5, 0.6) is 0 Å². The van der Waals surface area contributed by atoms with Crippen molar-refractivity contribution < 1.29 is 15.0 Å². The van der Waals surface area contributed by atoms with Crippen LogP contribution in [0.4, 0.5) is 0 Å². The Bertz CT molecular complexity index is 860. The van der Waals surface area contributed by atoms with Gasteiger partial charge in [0.05, 0.1) is 18.8 Å². The van der Waals surface area contributed by atoms with E-state index in [0.29, 0.717) is 6.42 Å². The van der Waals surface area contributed by atoms with Crippen molar-refractivity contribution in [2.24, 2.45) is 0 Å². The highest BCUT2D eigenvalue weighted by Gasteiger charge is 2.18. The molecule has 1 amide bonds. The molecule has 3 N–H and O–H groups in total. The van der Waals surface area contributed by atoms with Gasteiger partial charge in [-0.1, -0.05) is 321 Å². The van der Waals surface area contributed by atoms with E-state index < -0.39 is 12.1 Å². The number of unbranched alkanes of at least 4 members (excludes halogenated alkanes) is 47. The van der Waals surface area contributed by atoms with Gasteiger partial charge in [-0.05, 0) is 19.3 Å². The van der Waals surface area contributed by atoms with E-state index in [1.165, 1.54) is 289 Å². The van der Waals surface area contributed by atoms with Gasteiger partial charge >= 0.3 is 0 Å². The summed E-state index contributed by atoms with van der Waals surface area (Å²) in [6.45, 7) is 4.35. The molecule has 4 heteroatoms. The van der Waals surface area contributed by atoms with Crippen LogP contribution in [0.15, 0.2) is 12.2 Å². The minimum atomic E-state index is -0.835. The van der Waals surface area contributed by atoms with Crippen LogP contribution in [-0.2, 0) is 4.79 Å². The van der Waals surface area contributed by atoms with Gasteiger partial charge in [-0.3, -0.25) is 4.79 Å². The standard InChI is InChI=1S/C58H115NO3/c1-3-5-7-9-11-13-15-17-19-21-22-23-24-25-26-27-28-29-30-31-32-33-34-35-36-38-40-42-44-46-48-50-52-54-58(62)59-56(55-60)57(61)53-51-49-47-45-43-41-39-37-20-18-16-14-12-10-8-6-4-2/h51,53,56-57,60-61H,3-50,52,54-55H2,1-2H3,(H,59,62)/b53-51+/t56-,57+/m0/s1. The van der Waals surface area contributed by atoms with Crippen molar-refractivity contribution in [3.63, 3.8) is 0 Å². The molecule has 0 fully saturated rings. The second-order valence-electron chi connectivity index (χ2n) is 20.1. The summed E-state index contributed by atoms with van der Waals surface area (Å²) in [5.74, 6) is -0.0559. The Morgan fingerprint density at radius 3 is 0.839 bits per heavy atom. The zero-order valence-electron chi connectivity index (χ0n) is 42.7. The van der Waals surface area contributed by atoms with Gasteiger partial charge in [0, 0.05) is 6.42 Å². The third kappa shape index (κ3) is 50.1. The van der Waals surface area contributed by atoms with Gasteiger partial charge in [0.15, 0.2) is 0 Å². The zero-order valence-corrected chi connectivity index (χ0v) is 42.7. The molecule has 0 aliphatic rings. The lowest BCUT2D eigenvalue weighted by atomic mass is 10.0. The molecule has 0 rings (SSSR count). The number of amides is 1. The summed E-state index contributed by atoms with van der Waals surface area (Å²) in [4.78, 5) is 12.5. The van der Waals surface area contributed by atoms with Gasteiger partial charge in [0.25, 0.3) is 0 Å². The summed E-state index contributed by atoms with van der Waals surface area (Å²) in [6.07, 6.45) is 71.0. The number of rotatable bonds is 54. The number of hydrogen-bond donors (Lipinski definition) is 3. The lowest BCUT2D eigenvalue weighted by Crippen LogP contribution is -2.45. The van der Waals surface area contributed by atoms with Crippen LogP contribution in [-0.4, -0.2) is 34.9 Å². The number of nitrogens with one attached hydrogen (secondary N) is 1. The highest BCUT2D eigenvalue weighted by atomic mass is 16.3. The van der Waals surface area contributed by atoms with E-state index in [1.807, 2.05) is 6.08 Å². The van der Waals surface area contributed by atoms with Crippen molar-refractivity contribution in [1.29, 1.82) is 0 Å². The first kappa shape index (κ1) is 61.1. The number of carbonyl (C=O) groups is 1. The fraction of sp³-hybridized carbons (Fsp3) is 0.948. The van der Waals surface area contributed by atoms with E-state index in [-0.39, 0.29) is 12.5 Å². The predicted octanol–water partition coefficient (Wildman–Crippen LogP) is 18.9. The third-order valence-electron chi connectivity index (χ3n) is 13.8. The summed E-state index contributed by atoms with van der Waals surface area (Å²) in [5, 5.41) is 23.1. The van der Waals surface area contributed by atoms with E-state index in [2.05, 4.69) is 19.2 Å². The summed E-state index contributed by atoms with van der Waals surface area (Å²) in [5.41, 5.74) is 0. The Balaban J connectivity index is 3.39. The molecular formula is C58H115NO3. The number of aliphatic hydroxyl groups is 2. The molecule has 0 radical (unpaired) electrons. The molecular weight excluding hydrogens is 759 g/mol. The molecule has 4 nitrogen and oxygen atoms in total. The SMILES string of the molecule is CCCCCCCCCCCCCCCCC/C=C/[C@@H](O)[C@H](CO)NC(=O)CCCCCCCCCCCCCCCCCCCCCCCCCCCCCCCCCCC. The average molecular weight is 875 g/mol. The van der Waals surface area contributed by atoms with Crippen molar-refractivity contribution >= 4 is 5.91 Å². The van der Waals surface area contributed by atoms with Gasteiger partial charge in [0.2, 0.25) is 5.91 Å². The maximum absolute atomic E-state index is 12.5. The van der Waals surface area contributed by atoms with Crippen LogP contribution < -0.4 is 5.32 Å². The van der Waals surface area contributed by atoms with Gasteiger partial charge in [0.1, 0.15) is 0 Å². The highest BCUT2D eigenvalue weighted by Crippen LogP contribution is 2.18. The first-order valence-electron chi connectivity index (χ1n) is 28.9. The number of allylic oxidation sites excluding steroid dienone is 1. The van der Waals surface area contributed by atoms with Crippen LogP contribution in [0.25, 0.3) is 0 Å². The lowest BCUT2D eigenvalue weighted by molar-refractivity contribution is -0.123. The summed E-state index contributed by atoms with van der Waals surface area (Å²) in [6, 6.07) is -0.618. The molecule has 0 spiro atoms. The smallest absolute Gasteiger partial charge is 0.220 e. The quantitative estimate of drug-likeness (QED) is 0.0421. The normalized spacial score (nSPS) is 12.8. The van der Waals surface area contributed by atoms with Crippen molar-refractivity contribution in [1.82, 2.24) is 5.32 Å². The summed E-state index contributed by atoms with van der Waals surface area (Å²) < 4.78 is 0. The summed E-state index contributed by atoms with van der Waals surface area (Å²) in [7, 11) is 0. The molecule has 0 aromatic heterocycles. The van der Waals surface area contributed by atoms with Crippen LogP contribution in [0, 0.1) is 0 Å². The zero-order chi connectivity index (χ0) is 44.9. The average Bonchev–Trinajstić information content (AvgIpc) is 3.28. The second kappa shape index (κ2) is 54.5. The topological polar surface area (TPSA) is 69.6 Å². The second-order valence-corrected chi connectivity index (χ2v) is 20.1. The molecule has 0 aromatic rings. The maximum atomic E-state index is 12.5. The van der Waals surface area contributed by atoms with Gasteiger partial charge < -0.3 is 15.5 Å². The fourth-order valence-electron chi connectivity index (χ4n) is 9.36. The Kier molecular flexibility index (Phi) is 53.7. The molecule has 0 aliphatic heterocycles. The Morgan fingerprint density at radius 2 is 0.597 bits per heavy atom. The van der Waals surface area contributed by atoms with Crippen molar-refractivity contribution in [3.05, 3.63) is 12.2 Å². The first-order valence-corrected chi connectivity index (χ1v) is 28.9. The molecule has 0 bridgehead atoms. The monoisotopic (exact) mass is 874 g/mol. The molecule has 2 atom stereocenters. The van der Waals surface area contributed by atoms with Crippen molar-refractivity contribution in [2.45, 2.75) is 347 Å². The lowest BCUT2D eigenvalue weighted by Gasteiger charge is -2.20. The molecule has 0 aliphatic carbocycles. The molecule has 0 saturated heterocycles. The van der Waals surface area contributed by atoms with Crippen molar-refractivity contribution in [3.8, 4) is 0 Å². The minimum absolute atomic E-state index is 0.0559. The highest BCUT2D eigenvalue weighted by molar-refractivity contribution is 5.76. The molecule has 0 saturated carbocycles. The van der Waals surface area contributed by atoms with Crippen LogP contribution in [0.2, 0.25) is 0 Å². The predicted molar refractivity (Wildman–Crippen MR) is 276 cm³/mol. The summed E-state index contributed by atoms with van der Waals surface area (Å²) >= 11 is 0. The van der Waals surface area contributed by atoms with Crippen LogP contribution in [0.1, 0.15) is 335 Å². The molecule has 0 aromatic carbocycles. The molecule has 62 heavy (non-hydrogen) atoms. The van der Waals surface area contributed by atoms with Gasteiger partial charge in [-0.2, -0.15) is 0 Å². The van der Waals surface area contributed by atoms with Crippen LogP contribution in [0.3, 0.4) is 0 Å².